The molecule has 2 saturated carbocycles. The van der Waals surface area contributed by atoms with Crippen LogP contribution in [0.3, 0.4) is 0 Å². The lowest BCUT2D eigenvalue weighted by atomic mass is 10.1. The van der Waals surface area contributed by atoms with Gasteiger partial charge in [-0.05, 0) is 56.7 Å². The van der Waals surface area contributed by atoms with Gasteiger partial charge in [0.1, 0.15) is 0 Å². The van der Waals surface area contributed by atoms with Gasteiger partial charge >= 0.3 is 0 Å². The van der Waals surface area contributed by atoms with E-state index in [4.69, 9.17) is 5.73 Å². The topological polar surface area (TPSA) is 46.3 Å². The van der Waals surface area contributed by atoms with E-state index in [1.54, 1.807) is 6.92 Å². The first-order chi connectivity index (χ1) is 8.65. The SMILES string of the molecule is CC(=O)c1cc(N(CC2CC2)C2CC2)ccc1N. The van der Waals surface area contributed by atoms with Gasteiger partial charge in [0.25, 0.3) is 0 Å². The van der Waals surface area contributed by atoms with Crippen molar-refractivity contribution in [2.75, 3.05) is 17.2 Å². The molecule has 18 heavy (non-hydrogen) atoms. The van der Waals surface area contributed by atoms with E-state index in [1.807, 2.05) is 12.1 Å². The summed E-state index contributed by atoms with van der Waals surface area (Å²) in [4.78, 5) is 14.0. The van der Waals surface area contributed by atoms with Crippen LogP contribution in [0.5, 0.6) is 0 Å². The quantitative estimate of drug-likeness (QED) is 0.640. The van der Waals surface area contributed by atoms with E-state index in [9.17, 15) is 4.79 Å². The lowest BCUT2D eigenvalue weighted by Gasteiger charge is -2.25. The second-order valence-electron chi connectivity index (χ2n) is 5.65. The molecule has 0 atom stereocenters. The predicted octanol–water partition coefficient (Wildman–Crippen LogP) is 2.85. The summed E-state index contributed by atoms with van der Waals surface area (Å²) >= 11 is 0. The summed E-state index contributed by atoms with van der Waals surface area (Å²) in [5.41, 5.74) is 8.28. The number of rotatable bonds is 5. The minimum absolute atomic E-state index is 0.0523. The highest BCUT2D eigenvalue weighted by Crippen LogP contribution is 2.38. The Morgan fingerprint density at radius 1 is 1.33 bits per heavy atom. The zero-order valence-electron chi connectivity index (χ0n) is 10.9. The molecule has 0 saturated heterocycles. The first-order valence-electron chi connectivity index (χ1n) is 6.82. The van der Waals surface area contributed by atoms with Crippen LogP contribution in [0.2, 0.25) is 0 Å². The highest BCUT2D eigenvalue weighted by Gasteiger charge is 2.34. The molecule has 3 rings (SSSR count). The molecule has 0 heterocycles. The van der Waals surface area contributed by atoms with Crippen molar-refractivity contribution in [1.82, 2.24) is 0 Å². The van der Waals surface area contributed by atoms with E-state index in [-0.39, 0.29) is 5.78 Å². The van der Waals surface area contributed by atoms with Gasteiger partial charge in [0, 0.05) is 29.5 Å². The van der Waals surface area contributed by atoms with Crippen molar-refractivity contribution in [2.24, 2.45) is 5.92 Å². The molecule has 0 spiro atoms. The molecule has 3 nitrogen and oxygen atoms in total. The molecule has 3 heteroatoms. The van der Waals surface area contributed by atoms with Crippen LogP contribution in [0.4, 0.5) is 11.4 Å². The first kappa shape index (κ1) is 11.6. The van der Waals surface area contributed by atoms with Crippen LogP contribution in [-0.2, 0) is 0 Å². The number of nitrogens with zero attached hydrogens (tertiary/aromatic N) is 1. The normalized spacial score (nSPS) is 18.7. The molecule has 0 aromatic heterocycles. The summed E-state index contributed by atoms with van der Waals surface area (Å²) in [6.45, 7) is 2.73. The Kier molecular flexibility index (Phi) is 2.77. The summed E-state index contributed by atoms with van der Waals surface area (Å²) in [7, 11) is 0. The summed E-state index contributed by atoms with van der Waals surface area (Å²) < 4.78 is 0. The van der Waals surface area contributed by atoms with E-state index < -0.39 is 0 Å². The maximum absolute atomic E-state index is 11.6. The third-order valence-corrected chi connectivity index (χ3v) is 3.89. The lowest BCUT2D eigenvalue weighted by Crippen LogP contribution is -2.28. The number of carbonyl (C=O) groups excluding carboxylic acids is 1. The number of hydrogen-bond acceptors (Lipinski definition) is 3. The van der Waals surface area contributed by atoms with Crippen LogP contribution in [0.1, 0.15) is 43.0 Å². The molecular weight excluding hydrogens is 224 g/mol. The van der Waals surface area contributed by atoms with E-state index in [0.717, 1.165) is 12.5 Å². The number of ketones is 1. The van der Waals surface area contributed by atoms with Gasteiger partial charge in [-0.15, -0.1) is 0 Å². The number of carbonyl (C=O) groups is 1. The Hall–Kier alpha value is -1.51. The second kappa shape index (κ2) is 4.30. The standard InChI is InChI=1S/C15H20N2O/c1-10(18)14-8-13(6-7-15(14)16)17(12-4-5-12)9-11-2-3-11/h6-8,11-12H,2-5,9,16H2,1H3. The number of nitrogen functional groups attached to an aromatic ring is 1. The molecular formula is C15H20N2O. The molecule has 0 amide bonds. The largest absolute Gasteiger partial charge is 0.398 e. The maximum atomic E-state index is 11.6. The van der Waals surface area contributed by atoms with Crippen LogP contribution in [-0.4, -0.2) is 18.4 Å². The van der Waals surface area contributed by atoms with Crippen molar-refractivity contribution in [3.8, 4) is 0 Å². The van der Waals surface area contributed by atoms with Crippen LogP contribution in [0.25, 0.3) is 0 Å². The van der Waals surface area contributed by atoms with Crippen molar-refractivity contribution in [3.05, 3.63) is 23.8 Å². The smallest absolute Gasteiger partial charge is 0.161 e. The summed E-state index contributed by atoms with van der Waals surface area (Å²) in [6, 6.07) is 6.59. The van der Waals surface area contributed by atoms with Crippen molar-refractivity contribution < 1.29 is 4.79 Å². The van der Waals surface area contributed by atoms with E-state index in [2.05, 4.69) is 11.0 Å². The molecule has 96 valence electrons. The Labute approximate surface area is 108 Å². The third-order valence-electron chi connectivity index (χ3n) is 3.89. The Morgan fingerprint density at radius 2 is 2.06 bits per heavy atom. The average Bonchev–Trinajstić information content (AvgIpc) is 3.20. The molecule has 0 unspecified atom stereocenters. The molecule has 0 bridgehead atoms. The van der Waals surface area contributed by atoms with E-state index >= 15 is 0 Å². The third kappa shape index (κ3) is 2.35. The minimum atomic E-state index is 0.0523. The number of nitrogens with two attached hydrogens (primary N) is 1. The molecule has 0 radical (unpaired) electrons. The van der Waals surface area contributed by atoms with Gasteiger partial charge in [0.15, 0.2) is 5.78 Å². The highest BCUT2D eigenvalue weighted by molar-refractivity contribution is 6.00. The van der Waals surface area contributed by atoms with E-state index in [1.165, 1.54) is 31.4 Å². The van der Waals surface area contributed by atoms with Crippen molar-refractivity contribution in [3.63, 3.8) is 0 Å². The van der Waals surface area contributed by atoms with Gasteiger partial charge in [-0.25, -0.2) is 0 Å². The molecule has 0 aliphatic heterocycles. The van der Waals surface area contributed by atoms with Crippen LogP contribution in [0, 0.1) is 5.92 Å². The van der Waals surface area contributed by atoms with E-state index in [0.29, 0.717) is 17.3 Å². The second-order valence-corrected chi connectivity index (χ2v) is 5.65. The van der Waals surface area contributed by atoms with Crippen LogP contribution in [0.15, 0.2) is 18.2 Å². The average molecular weight is 244 g/mol. The fourth-order valence-electron chi connectivity index (χ4n) is 2.46. The van der Waals surface area contributed by atoms with Crippen molar-refractivity contribution >= 4 is 17.2 Å². The number of Topliss-reactive ketones (excluding diaryl/α,β-unsaturated/α-hetero) is 1. The molecule has 1 aromatic carbocycles. The summed E-state index contributed by atoms with van der Waals surface area (Å²) in [5, 5.41) is 0. The van der Waals surface area contributed by atoms with Gasteiger partial charge in [-0.2, -0.15) is 0 Å². The number of benzene rings is 1. The van der Waals surface area contributed by atoms with Crippen molar-refractivity contribution in [1.29, 1.82) is 0 Å². The summed E-state index contributed by atoms with van der Waals surface area (Å²) in [5.74, 6) is 0.917. The Bertz CT molecular complexity index is 475. The highest BCUT2D eigenvalue weighted by atomic mass is 16.1. The zero-order chi connectivity index (χ0) is 12.7. The zero-order valence-corrected chi connectivity index (χ0v) is 10.9. The van der Waals surface area contributed by atoms with Gasteiger partial charge in [0.2, 0.25) is 0 Å². The first-order valence-corrected chi connectivity index (χ1v) is 6.82. The maximum Gasteiger partial charge on any atom is 0.161 e. The van der Waals surface area contributed by atoms with Gasteiger partial charge < -0.3 is 10.6 Å². The molecule has 2 aliphatic carbocycles. The van der Waals surface area contributed by atoms with Crippen LogP contribution < -0.4 is 10.6 Å². The van der Waals surface area contributed by atoms with Gasteiger partial charge in [0.05, 0.1) is 0 Å². The van der Waals surface area contributed by atoms with Crippen LogP contribution >= 0.6 is 0 Å². The Balaban J connectivity index is 1.88. The number of hydrogen-bond donors (Lipinski definition) is 1. The van der Waals surface area contributed by atoms with Crippen molar-refractivity contribution in [2.45, 2.75) is 38.6 Å². The van der Waals surface area contributed by atoms with Gasteiger partial charge in [-0.1, -0.05) is 0 Å². The molecule has 2 aliphatic rings. The lowest BCUT2D eigenvalue weighted by molar-refractivity contribution is 0.101. The summed E-state index contributed by atoms with van der Waals surface area (Å²) in [6.07, 6.45) is 5.29. The fourth-order valence-corrected chi connectivity index (χ4v) is 2.46. The monoisotopic (exact) mass is 244 g/mol. The molecule has 1 aromatic rings. The number of anilines is 2. The molecule has 2 N–H and O–H groups in total. The van der Waals surface area contributed by atoms with Gasteiger partial charge in [-0.3, -0.25) is 4.79 Å². The Morgan fingerprint density at radius 3 is 2.61 bits per heavy atom. The minimum Gasteiger partial charge on any atom is -0.398 e. The molecule has 2 fully saturated rings. The fraction of sp³-hybridized carbons (Fsp3) is 0.533. The predicted molar refractivity (Wildman–Crippen MR) is 74.0 cm³/mol.